The molecule has 3 N–H and O–H groups in total. The standard InChI is InChI=1S/C23H27FN4O4/c24-21-4-2-1-3-18(21)15-26-22(30)28-13-10-20(11-14-28)27-19-7-5-17(6-8-19)9-12-25-23(31)32-16-29/h1-8,16,20,27H,9-15H2,(H,25,31)(H,26,30). The van der Waals surface area contributed by atoms with Crippen molar-refractivity contribution in [1.82, 2.24) is 15.5 Å². The van der Waals surface area contributed by atoms with Crippen LogP contribution >= 0.6 is 0 Å². The SMILES string of the molecule is O=COC(=O)NCCc1ccc(NC2CCN(C(=O)NCc3ccccc3F)CC2)cc1. The number of rotatable bonds is 8. The number of alkyl carbamates (subject to hydrolysis) is 1. The fraction of sp³-hybridized carbons (Fsp3) is 0.348. The lowest BCUT2D eigenvalue weighted by atomic mass is 10.0. The second kappa shape index (κ2) is 11.7. The average Bonchev–Trinajstić information content (AvgIpc) is 2.80. The number of carbonyl (C=O) groups is 3. The molecule has 1 heterocycles. The van der Waals surface area contributed by atoms with E-state index in [0.717, 1.165) is 24.1 Å². The zero-order chi connectivity index (χ0) is 22.8. The summed E-state index contributed by atoms with van der Waals surface area (Å²) >= 11 is 0. The molecule has 0 spiro atoms. The highest BCUT2D eigenvalue weighted by atomic mass is 19.1. The second-order valence-electron chi connectivity index (χ2n) is 7.53. The van der Waals surface area contributed by atoms with Crippen molar-refractivity contribution >= 4 is 24.3 Å². The number of anilines is 1. The fourth-order valence-electron chi connectivity index (χ4n) is 3.55. The number of ether oxygens (including phenoxy) is 1. The molecule has 0 aromatic heterocycles. The van der Waals surface area contributed by atoms with Gasteiger partial charge >= 0.3 is 18.6 Å². The first-order chi connectivity index (χ1) is 15.5. The maximum Gasteiger partial charge on any atom is 0.414 e. The van der Waals surface area contributed by atoms with Gasteiger partial charge in [0.2, 0.25) is 0 Å². The summed E-state index contributed by atoms with van der Waals surface area (Å²) in [4.78, 5) is 35.3. The largest absolute Gasteiger partial charge is 0.414 e. The van der Waals surface area contributed by atoms with Crippen LogP contribution in [0.4, 0.5) is 19.7 Å². The summed E-state index contributed by atoms with van der Waals surface area (Å²) in [7, 11) is 0. The zero-order valence-electron chi connectivity index (χ0n) is 17.7. The van der Waals surface area contributed by atoms with Gasteiger partial charge in [-0.05, 0) is 43.0 Å². The molecular weight excluding hydrogens is 415 g/mol. The number of nitrogens with zero attached hydrogens (tertiary/aromatic N) is 1. The summed E-state index contributed by atoms with van der Waals surface area (Å²) in [5.41, 5.74) is 2.50. The van der Waals surface area contributed by atoms with Crippen molar-refractivity contribution in [2.75, 3.05) is 25.0 Å². The van der Waals surface area contributed by atoms with E-state index in [4.69, 9.17) is 0 Å². The van der Waals surface area contributed by atoms with E-state index in [1.54, 1.807) is 23.1 Å². The molecule has 170 valence electrons. The van der Waals surface area contributed by atoms with Crippen molar-refractivity contribution in [1.29, 1.82) is 0 Å². The van der Waals surface area contributed by atoms with E-state index >= 15 is 0 Å². The van der Waals surface area contributed by atoms with Crippen molar-refractivity contribution in [3.05, 3.63) is 65.5 Å². The molecule has 1 saturated heterocycles. The monoisotopic (exact) mass is 442 g/mol. The number of hydrogen-bond acceptors (Lipinski definition) is 5. The van der Waals surface area contributed by atoms with Gasteiger partial charge in [0.15, 0.2) is 0 Å². The van der Waals surface area contributed by atoms with Crippen molar-refractivity contribution in [2.24, 2.45) is 0 Å². The quantitative estimate of drug-likeness (QED) is 0.431. The first-order valence-corrected chi connectivity index (χ1v) is 10.5. The van der Waals surface area contributed by atoms with Crippen LogP contribution in [0.15, 0.2) is 48.5 Å². The van der Waals surface area contributed by atoms with Gasteiger partial charge in [-0.15, -0.1) is 0 Å². The molecule has 0 atom stereocenters. The second-order valence-corrected chi connectivity index (χ2v) is 7.53. The number of piperidine rings is 1. The summed E-state index contributed by atoms with van der Waals surface area (Å²) in [5.74, 6) is -0.321. The molecule has 3 rings (SSSR count). The number of halogens is 1. The van der Waals surface area contributed by atoms with Gasteiger partial charge in [0.05, 0.1) is 0 Å². The molecule has 1 fully saturated rings. The molecular formula is C23H27FN4O4. The van der Waals surface area contributed by atoms with Gasteiger partial charge in [0.25, 0.3) is 0 Å². The van der Waals surface area contributed by atoms with E-state index in [9.17, 15) is 18.8 Å². The number of carbonyl (C=O) groups excluding carboxylic acids is 3. The third-order valence-electron chi connectivity index (χ3n) is 5.33. The number of benzene rings is 2. The van der Waals surface area contributed by atoms with Crippen LogP contribution in [0.2, 0.25) is 0 Å². The lowest BCUT2D eigenvalue weighted by Crippen LogP contribution is -2.46. The third-order valence-corrected chi connectivity index (χ3v) is 5.33. The first-order valence-electron chi connectivity index (χ1n) is 10.5. The number of amides is 3. The van der Waals surface area contributed by atoms with E-state index in [0.29, 0.717) is 31.6 Å². The topological polar surface area (TPSA) is 99.8 Å². The van der Waals surface area contributed by atoms with Crippen molar-refractivity contribution < 1.29 is 23.5 Å². The Kier molecular flexibility index (Phi) is 8.42. The normalized spacial score (nSPS) is 13.8. The van der Waals surface area contributed by atoms with Crippen molar-refractivity contribution in [3.63, 3.8) is 0 Å². The Hall–Kier alpha value is -3.62. The number of nitrogens with one attached hydrogen (secondary N) is 3. The van der Waals surface area contributed by atoms with Crippen molar-refractivity contribution in [3.8, 4) is 0 Å². The van der Waals surface area contributed by atoms with Crippen LogP contribution in [0.3, 0.4) is 0 Å². The van der Waals surface area contributed by atoms with E-state index in [1.807, 2.05) is 24.3 Å². The molecule has 1 aliphatic heterocycles. The summed E-state index contributed by atoms with van der Waals surface area (Å²) in [6, 6.07) is 14.4. The maximum absolute atomic E-state index is 13.7. The summed E-state index contributed by atoms with van der Waals surface area (Å²) < 4.78 is 17.8. The van der Waals surface area contributed by atoms with Gasteiger partial charge in [-0.1, -0.05) is 30.3 Å². The average molecular weight is 442 g/mol. The van der Waals surface area contributed by atoms with Crippen LogP contribution in [0.1, 0.15) is 24.0 Å². The van der Waals surface area contributed by atoms with Crippen LogP contribution in [0.5, 0.6) is 0 Å². The molecule has 9 heteroatoms. The Morgan fingerprint density at radius 2 is 1.78 bits per heavy atom. The Balaban J connectivity index is 1.37. The highest BCUT2D eigenvalue weighted by Crippen LogP contribution is 2.18. The predicted molar refractivity (Wildman–Crippen MR) is 118 cm³/mol. The molecule has 0 unspecified atom stereocenters. The van der Waals surface area contributed by atoms with E-state index in [1.165, 1.54) is 6.07 Å². The van der Waals surface area contributed by atoms with Crippen LogP contribution in [0.25, 0.3) is 0 Å². The minimum atomic E-state index is -0.759. The minimum absolute atomic E-state index is 0.0958. The number of hydrogen-bond donors (Lipinski definition) is 3. The smallest absolute Gasteiger partial charge is 0.382 e. The van der Waals surface area contributed by atoms with Crippen LogP contribution < -0.4 is 16.0 Å². The number of urea groups is 1. The Labute approximate surface area is 186 Å². The van der Waals surface area contributed by atoms with Gasteiger partial charge in [-0.2, -0.15) is 0 Å². The van der Waals surface area contributed by atoms with Gasteiger partial charge in [-0.3, -0.25) is 4.79 Å². The summed E-state index contributed by atoms with van der Waals surface area (Å²) in [6.45, 7) is 1.89. The van der Waals surface area contributed by atoms with E-state index in [2.05, 4.69) is 20.7 Å². The van der Waals surface area contributed by atoms with Crippen LogP contribution in [0, 0.1) is 5.82 Å². The molecule has 3 amide bonds. The van der Waals surface area contributed by atoms with Crippen LogP contribution in [-0.4, -0.2) is 49.2 Å². The van der Waals surface area contributed by atoms with Gasteiger partial charge in [0.1, 0.15) is 5.82 Å². The van der Waals surface area contributed by atoms with Gasteiger partial charge < -0.3 is 25.6 Å². The van der Waals surface area contributed by atoms with Crippen molar-refractivity contribution in [2.45, 2.75) is 31.8 Å². The first kappa shape index (κ1) is 23.1. The zero-order valence-corrected chi connectivity index (χ0v) is 17.7. The highest BCUT2D eigenvalue weighted by molar-refractivity contribution is 5.74. The molecule has 32 heavy (non-hydrogen) atoms. The third kappa shape index (κ3) is 6.97. The lowest BCUT2D eigenvalue weighted by molar-refractivity contribution is -0.123. The lowest BCUT2D eigenvalue weighted by Gasteiger charge is -2.33. The van der Waals surface area contributed by atoms with E-state index in [-0.39, 0.29) is 30.9 Å². The highest BCUT2D eigenvalue weighted by Gasteiger charge is 2.22. The maximum atomic E-state index is 13.7. The summed E-state index contributed by atoms with van der Waals surface area (Å²) in [5, 5.41) is 8.76. The predicted octanol–water partition coefficient (Wildman–Crippen LogP) is 3.04. The number of likely N-dealkylation sites (tertiary alicyclic amines) is 1. The molecule has 2 aromatic carbocycles. The Morgan fingerprint density at radius 3 is 2.47 bits per heavy atom. The molecule has 1 aliphatic rings. The minimum Gasteiger partial charge on any atom is -0.382 e. The Morgan fingerprint density at radius 1 is 1.06 bits per heavy atom. The van der Waals surface area contributed by atoms with Gasteiger partial charge in [-0.25, -0.2) is 14.0 Å². The van der Waals surface area contributed by atoms with E-state index < -0.39 is 6.09 Å². The molecule has 0 bridgehead atoms. The molecule has 0 saturated carbocycles. The molecule has 8 nitrogen and oxygen atoms in total. The van der Waals surface area contributed by atoms with Crippen LogP contribution in [-0.2, 0) is 22.5 Å². The van der Waals surface area contributed by atoms with Gasteiger partial charge in [0, 0.05) is 43.5 Å². The fourth-order valence-corrected chi connectivity index (χ4v) is 3.55. The molecule has 0 aliphatic carbocycles. The summed E-state index contributed by atoms with van der Waals surface area (Å²) in [6.07, 6.45) is 1.50. The Bertz CT molecular complexity index is 914. The molecule has 2 aromatic rings. The molecule has 0 radical (unpaired) electrons.